The van der Waals surface area contributed by atoms with Crippen molar-refractivity contribution in [2.45, 2.75) is 58.5 Å². The van der Waals surface area contributed by atoms with Gasteiger partial charge in [-0.05, 0) is 70.6 Å². The van der Waals surface area contributed by atoms with Crippen molar-refractivity contribution < 1.29 is 14.3 Å². The topological polar surface area (TPSA) is 70.4 Å². The van der Waals surface area contributed by atoms with E-state index in [-0.39, 0.29) is 17.8 Å². The van der Waals surface area contributed by atoms with Crippen LogP contribution in [0.2, 0.25) is 0 Å². The van der Waals surface area contributed by atoms with Gasteiger partial charge in [0.05, 0.1) is 11.6 Å². The second-order valence-corrected chi connectivity index (χ2v) is 8.05. The van der Waals surface area contributed by atoms with Crippen LogP contribution in [0.3, 0.4) is 0 Å². The molecule has 0 aliphatic carbocycles. The zero-order valence-corrected chi connectivity index (χ0v) is 16.1. The highest BCUT2D eigenvalue weighted by atomic mass is 16.6. The van der Waals surface area contributed by atoms with E-state index >= 15 is 0 Å². The molecule has 0 N–H and O–H groups in total. The monoisotopic (exact) mass is 356 g/mol. The molecule has 0 radical (unpaired) electrons. The highest BCUT2D eigenvalue weighted by Gasteiger charge is 2.29. The normalized spacial score (nSPS) is 16.7. The summed E-state index contributed by atoms with van der Waals surface area (Å²) >= 11 is 0. The van der Waals surface area contributed by atoms with E-state index in [1.54, 1.807) is 17.9 Å². The van der Waals surface area contributed by atoms with E-state index in [4.69, 9.17) is 10.00 Å². The van der Waals surface area contributed by atoms with Gasteiger partial charge in [-0.25, -0.2) is 4.79 Å². The zero-order valence-electron chi connectivity index (χ0n) is 16.1. The first-order chi connectivity index (χ1) is 12.2. The summed E-state index contributed by atoms with van der Waals surface area (Å²) in [5.74, 6) is 0.310. The SMILES string of the molecule is CC(=O)[C@H](CC1CCN(C(=O)OC(C)(C)C)CC1)c1cccc(C#N)c1. The Morgan fingerprint density at radius 1 is 1.31 bits per heavy atom. The highest BCUT2D eigenvalue weighted by Crippen LogP contribution is 2.31. The summed E-state index contributed by atoms with van der Waals surface area (Å²) < 4.78 is 5.43. The van der Waals surface area contributed by atoms with Gasteiger partial charge in [-0.1, -0.05) is 12.1 Å². The number of benzene rings is 1. The number of nitriles is 1. The molecular formula is C21H28N2O3. The quantitative estimate of drug-likeness (QED) is 0.808. The fraction of sp³-hybridized carbons (Fsp3) is 0.571. The van der Waals surface area contributed by atoms with Crippen molar-refractivity contribution in [1.82, 2.24) is 4.90 Å². The van der Waals surface area contributed by atoms with Crippen molar-refractivity contribution in [3.63, 3.8) is 0 Å². The summed E-state index contributed by atoms with van der Waals surface area (Å²) in [4.78, 5) is 26.1. The summed E-state index contributed by atoms with van der Waals surface area (Å²) in [5, 5.41) is 9.08. The number of carbonyl (C=O) groups excluding carboxylic acids is 2. The first kappa shape index (κ1) is 20.0. The van der Waals surface area contributed by atoms with E-state index in [2.05, 4.69) is 6.07 Å². The number of rotatable bonds is 4. The van der Waals surface area contributed by atoms with Crippen molar-refractivity contribution >= 4 is 11.9 Å². The van der Waals surface area contributed by atoms with Crippen LogP contribution in [0.5, 0.6) is 0 Å². The van der Waals surface area contributed by atoms with Gasteiger partial charge in [-0.15, -0.1) is 0 Å². The standard InChI is InChI=1S/C21H28N2O3/c1-15(24)19(18-7-5-6-17(12-18)14-22)13-16-8-10-23(11-9-16)20(25)26-21(2,3)4/h5-7,12,16,19H,8-11,13H2,1-4H3/t19-/m0/s1. The molecule has 1 aliphatic heterocycles. The second-order valence-electron chi connectivity index (χ2n) is 8.05. The van der Waals surface area contributed by atoms with Gasteiger partial charge in [0.15, 0.2) is 0 Å². The van der Waals surface area contributed by atoms with Crippen molar-refractivity contribution in [2.24, 2.45) is 5.92 Å². The first-order valence-electron chi connectivity index (χ1n) is 9.18. The molecular weight excluding hydrogens is 328 g/mol. The molecule has 1 amide bonds. The van der Waals surface area contributed by atoms with Gasteiger partial charge in [-0.2, -0.15) is 5.26 Å². The molecule has 1 aromatic carbocycles. The number of hydrogen-bond acceptors (Lipinski definition) is 4. The molecule has 1 aliphatic rings. The Bertz CT molecular complexity index is 692. The first-order valence-corrected chi connectivity index (χ1v) is 9.18. The van der Waals surface area contributed by atoms with E-state index in [1.165, 1.54) is 0 Å². The molecule has 26 heavy (non-hydrogen) atoms. The van der Waals surface area contributed by atoms with Crippen molar-refractivity contribution in [3.8, 4) is 6.07 Å². The van der Waals surface area contributed by atoms with Crippen LogP contribution in [0.15, 0.2) is 24.3 Å². The largest absolute Gasteiger partial charge is 0.444 e. The molecule has 5 heteroatoms. The molecule has 1 atom stereocenters. The summed E-state index contributed by atoms with van der Waals surface area (Å²) in [6.07, 6.45) is 2.22. The van der Waals surface area contributed by atoms with Gasteiger partial charge in [0, 0.05) is 19.0 Å². The molecule has 0 bridgehead atoms. The van der Waals surface area contributed by atoms with Crippen LogP contribution in [-0.4, -0.2) is 35.5 Å². The predicted molar refractivity (Wildman–Crippen MR) is 99.7 cm³/mol. The molecule has 0 unspecified atom stereocenters. The van der Waals surface area contributed by atoms with E-state index in [0.29, 0.717) is 24.6 Å². The number of amides is 1. The molecule has 0 saturated carbocycles. The van der Waals surface area contributed by atoms with Crippen LogP contribution in [0, 0.1) is 17.2 Å². The third-order valence-corrected chi connectivity index (χ3v) is 4.74. The van der Waals surface area contributed by atoms with Gasteiger partial charge in [0.1, 0.15) is 11.4 Å². The lowest BCUT2D eigenvalue weighted by Crippen LogP contribution is -2.42. The summed E-state index contributed by atoms with van der Waals surface area (Å²) in [5.41, 5.74) is 0.999. The smallest absolute Gasteiger partial charge is 0.410 e. The van der Waals surface area contributed by atoms with Crippen LogP contribution in [-0.2, 0) is 9.53 Å². The van der Waals surface area contributed by atoms with Crippen LogP contribution >= 0.6 is 0 Å². The number of Topliss-reactive ketones (excluding diaryl/α,β-unsaturated/α-hetero) is 1. The maximum absolute atomic E-state index is 12.2. The Hall–Kier alpha value is -2.35. The third kappa shape index (κ3) is 5.59. The van der Waals surface area contributed by atoms with Crippen LogP contribution < -0.4 is 0 Å². The number of carbonyl (C=O) groups is 2. The van der Waals surface area contributed by atoms with Crippen LogP contribution in [0.25, 0.3) is 0 Å². The molecule has 0 spiro atoms. The second kappa shape index (κ2) is 8.35. The fourth-order valence-electron chi connectivity index (χ4n) is 3.37. The number of ether oxygens (including phenoxy) is 1. The van der Waals surface area contributed by atoms with E-state index < -0.39 is 5.60 Å². The predicted octanol–water partition coefficient (Wildman–Crippen LogP) is 4.27. The highest BCUT2D eigenvalue weighted by molar-refractivity contribution is 5.83. The third-order valence-electron chi connectivity index (χ3n) is 4.74. The lowest BCUT2D eigenvalue weighted by molar-refractivity contribution is -0.118. The summed E-state index contributed by atoms with van der Waals surface area (Å²) in [6.45, 7) is 8.52. The van der Waals surface area contributed by atoms with Crippen molar-refractivity contribution in [1.29, 1.82) is 5.26 Å². The van der Waals surface area contributed by atoms with Gasteiger partial charge in [-0.3, -0.25) is 4.79 Å². The van der Waals surface area contributed by atoms with Crippen LogP contribution in [0.1, 0.15) is 64.0 Å². The Labute approximate surface area is 155 Å². The van der Waals surface area contributed by atoms with E-state index in [1.807, 2.05) is 39.0 Å². The lowest BCUT2D eigenvalue weighted by Gasteiger charge is -2.34. The van der Waals surface area contributed by atoms with Gasteiger partial charge >= 0.3 is 6.09 Å². The minimum atomic E-state index is -0.487. The van der Waals surface area contributed by atoms with E-state index in [0.717, 1.165) is 24.8 Å². The maximum atomic E-state index is 12.2. The Balaban J connectivity index is 1.97. The number of piperidine rings is 1. The Morgan fingerprint density at radius 3 is 2.50 bits per heavy atom. The molecule has 1 saturated heterocycles. The Morgan fingerprint density at radius 2 is 1.96 bits per heavy atom. The minimum Gasteiger partial charge on any atom is -0.444 e. The van der Waals surface area contributed by atoms with Crippen molar-refractivity contribution in [2.75, 3.05) is 13.1 Å². The average Bonchev–Trinajstić information content (AvgIpc) is 2.58. The molecule has 0 aromatic heterocycles. The van der Waals surface area contributed by atoms with Crippen molar-refractivity contribution in [3.05, 3.63) is 35.4 Å². The molecule has 1 heterocycles. The average molecular weight is 356 g/mol. The minimum absolute atomic E-state index is 0.120. The summed E-state index contributed by atoms with van der Waals surface area (Å²) in [6, 6.07) is 9.44. The molecule has 140 valence electrons. The van der Waals surface area contributed by atoms with Gasteiger partial charge in [0.2, 0.25) is 0 Å². The number of hydrogen-bond donors (Lipinski definition) is 0. The zero-order chi connectivity index (χ0) is 19.3. The lowest BCUT2D eigenvalue weighted by atomic mass is 9.82. The maximum Gasteiger partial charge on any atom is 0.410 e. The molecule has 2 rings (SSSR count). The molecule has 1 fully saturated rings. The fourth-order valence-corrected chi connectivity index (χ4v) is 3.37. The Kier molecular flexibility index (Phi) is 6.42. The molecule has 5 nitrogen and oxygen atoms in total. The van der Waals surface area contributed by atoms with Gasteiger partial charge < -0.3 is 9.64 Å². The van der Waals surface area contributed by atoms with Gasteiger partial charge in [0.25, 0.3) is 0 Å². The number of nitrogens with zero attached hydrogens (tertiary/aromatic N) is 2. The molecule has 1 aromatic rings. The number of likely N-dealkylation sites (tertiary alicyclic amines) is 1. The van der Waals surface area contributed by atoms with Crippen LogP contribution in [0.4, 0.5) is 4.79 Å². The number of ketones is 1. The summed E-state index contributed by atoms with van der Waals surface area (Å²) in [7, 11) is 0. The van der Waals surface area contributed by atoms with E-state index in [9.17, 15) is 9.59 Å².